The van der Waals surface area contributed by atoms with Crippen molar-refractivity contribution < 1.29 is 9.90 Å². The maximum absolute atomic E-state index is 12.1. The molecule has 0 spiro atoms. The molecule has 1 fully saturated rings. The quantitative estimate of drug-likeness (QED) is 0.821. The monoisotopic (exact) mass is 255 g/mol. The van der Waals surface area contributed by atoms with Crippen LogP contribution in [0.3, 0.4) is 0 Å². The molecule has 2 unspecified atom stereocenters. The third kappa shape index (κ3) is 2.65. The van der Waals surface area contributed by atoms with Crippen molar-refractivity contribution in [2.45, 2.75) is 26.0 Å². The Kier molecular flexibility index (Phi) is 3.76. The number of thiazole rings is 1. The number of likely N-dealkylation sites (tertiary alicyclic amines) is 1. The summed E-state index contributed by atoms with van der Waals surface area (Å²) < 4.78 is 0. The minimum Gasteiger partial charge on any atom is -0.393 e. The summed E-state index contributed by atoms with van der Waals surface area (Å²) in [4.78, 5) is 18.0. The van der Waals surface area contributed by atoms with Crippen molar-refractivity contribution in [1.82, 2.24) is 9.88 Å². The molecule has 3 N–H and O–H groups in total. The first-order valence-corrected chi connectivity index (χ1v) is 6.61. The molecule has 1 saturated heterocycles. The Balaban J connectivity index is 2.01. The van der Waals surface area contributed by atoms with Crippen LogP contribution in [0, 0.1) is 5.92 Å². The third-order valence-electron chi connectivity index (χ3n) is 3.14. The smallest absolute Gasteiger partial charge is 0.273 e. The minimum atomic E-state index is -0.358. The molecule has 2 heterocycles. The summed E-state index contributed by atoms with van der Waals surface area (Å²) in [7, 11) is 0. The van der Waals surface area contributed by atoms with Crippen LogP contribution in [0.15, 0.2) is 5.38 Å². The summed E-state index contributed by atoms with van der Waals surface area (Å²) >= 11 is 1.41. The summed E-state index contributed by atoms with van der Waals surface area (Å²) in [5, 5.41) is 12.0. The molecule has 0 aliphatic carbocycles. The predicted octanol–water partition coefficient (Wildman–Crippen LogP) is 0.445. The Morgan fingerprint density at radius 3 is 3.12 bits per heavy atom. The van der Waals surface area contributed by atoms with Gasteiger partial charge in [0, 0.05) is 30.9 Å². The normalized spacial score (nSPS) is 21.8. The summed E-state index contributed by atoms with van der Waals surface area (Å²) in [5.74, 6) is 0.135. The first-order chi connectivity index (χ1) is 8.11. The van der Waals surface area contributed by atoms with Gasteiger partial charge in [-0.1, -0.05) is 0 Å². The topological polar surface area (TPSA) is 79.5 Å². The van der Waals surface area contributed by atoms with Crippen LogP contribution in [-0.4, -0.2) is 40.1 Å². The number of amides is 1. The lowest BCUT2D eigenvalue weighted by atomic mass is 10.0. The lowest BCUT2D eigenvalue weighted by Gasteiger charge is -2.16. The first kappa shape index (κ1) is 12.5. The van der Waals surface area contributed by atoms with Crippen LogP contribution >= 0.6 is 11.3 Å². The van der Waals surface area contributed by atoms with Gasteiger partial charge < -0.3 is 15.7 Å². The molecule has 1 amide bonds. The molecular formula is C11H17N3O2S. The molecule has 2 atom stereocenters. The maximum atomic E-state index is 12.1. The zero-order valence-corrected chi connectivity index (χ0v) is 10.6. The maximum Gasteiger partial charge on any atom is 0.273 e. The van der Waals surface area contributed by atoms with Crippen LogP contribution in [0.1, 0.15) is 28.8 Å². The largest absolute Gasteiger partial charge is 0.393 e. The van der Waals surface area contributed by atoms with Crippen LogP contribution in [0.5, 0.6) is 0 Å². The Bertz CT molecular complexity index is 405. The van der Waals surface area contributed by atoms with Crippen LogP contribution in [0.4, 0.5) is 0 Å². The van der Waals surface area contributed by atoms with Gasteiger partial charge >= 0.3 is 0 Å². The highest BCUT2D eigenvalue weighted by Crippen LogP contribution is 2.22. The van der Waals surface area contributed by atoms with Gasteiger partial charge in [-0.05, 0) is 13.3 Å². The second-order valence-corrected chi connectivity index (χ2v) is 5.31. The van der Waals surface area contributed by atoms with Crippen LogP contribution < -0.4 is 5.73 Å². The second kappa shape index (κ2) is 5.12. The van der Waals surface area contributed by atoms with E-state index < -0.39 is 0 Å². The predicted molar refractivity (Wildman–Crippen MR) is 65.7 cm³/mol. The Labute approximate surface area is 104 Å². The number of nitrogens with zero attached hydrogens (tertiary/aromatic N) is 2. The fourth-order valence-corrected chi connectivity index (χ4v) is 2.68. The summed E-state index contributed by atoms with van der Waals surface area (Å²) in [6.07, 6.45) is 0.500. The molecule has 94 valence electrons. The fourth-order valence-electron chi connectivity index (χ4n) is 2.03. The molecule has 0 radical (unpaired) electrons. The number of carbonyl (C=O) groups is 1. The molecule has 0 saturated carbocycles. The van der Waals surface area contributed by atoms with Crippen LogP contribution in [0.25, 0.3) is 0 Å². The number of hydrogen-bond donors (Lipinski definition) is 2. The third-order valence-corrected chi connectivity index (χ3v) is 4.01. The van der Waals surface area contributed by atoms with Crippen molar-refractivity contribution >= 4 is 17.2 Å². The van der Waals surface area contributed by atoms with E-state index >= 15 is 0 Å². The number of aliphatic hydroxyl groups excluding tert-OH is 1. The number of aromatic nitrogens is 1. The van der Waals surface area contributed by atoms with Crippen molar-refractivity contribution in [2.75, 3.05) is 13.1 Å². The van der Waals surface area contributed by atoms with Gasteiger partial charge in [-0.25, -0.2) is 4.98 Å². The van der Waals surface area contributed by atoms with Gasteiger partial charge in [0.05, 0.1) is 6.10 Å². The van der Waals surface area contributed by atoms with Crippen molar-refractivity contribution in [2.24, 2.45) is 11.7 Å². The summed E-state index contributed by atoms with van der Waals surface area (Å²) in [6.45, 7) is 3.46. The Morgan fingerprint density at radius 1 is 1.82 bits per heavy atom. The number of nitrogens with two attached hydrogens (primary N) is 1. The van der Waals surface area contributed by atoms with Crippen molar-refractivity contribution in [3.05, 3.63) is 16.1 Å². The molecule has 17 heavy (non-hydrogen) atoms. The van der Waals surface area contributed by atoms with Crippen molar-refractivity contribution in [1.29, 1.82) is 0 Å². The highest BCUT2D eigenvalue weighted by molar-refractivity contribution is 7.09. The van der Waals surface area contributed by atoms with Gasteiger partial charge in [0.15, 0.2) is 0 Å². The fraction of sp³-hybridized carbons (Fsp3) is 0.636. The highest BCUT2D eigenvalue weighted by Gasteiger charge is 2.30. The Morgan fingerprint density at radius 2 is 2.59 bits per heavy atom. The SMILES string of the molecule is CC(O)C1CCN(C(=O)c2csc(CN)n2)C1. The Hall–Kier alpha value is -0.980. The van der Waals surface area contributed by atoms with Gasteiger partial charge in [0.1, 0.15) is 10.7 Å². The number of aliphatic hydroxyl groups is 1. The van der Waals surface area contributed by atoms with Crippen LogP contribution in [0.2, 0.25) is 0 Å². The molecule has 6 heteroatoms. The number of rotatable bonds is 3. The van der Waals surface area contributed by atoms with E-state index in [0.29, 0.717) is 25.3 Å². The molecule has 1 aliphatic heterocycles. The van der Waals surface area contributed by atoms with Gasteiger partial charge in [0.2, 0.25) is 0 Å². The number of hydrogen-bond acceptors (Lipinski definition) is 5. The average Bonchev–Trinajstić information content (AvgIpc) is 2.97. The first-order valence-electron chi connectivity index (χ1n) is 5.73. The summed E-state index contributed by atoms with van der Waals surface area (Å²) in [6, 6.07) is 0. The van der Waals surface area contributed by atoms with Gasteiger partial charge in [-0.15, -0.1) is 11.3 Å². The van der Waals surface area contributed by atoms with Gasteiger partial charge in [-0.3, -0.25) is 4.79 Å². The molecule has 1 aliphatic rings. The van der Waals surface area contributed by atoms with Crippen molar-refractivity contribution in [3.8, 4) is 0 Å². The lowest BCUT2D eigenvalue weighted by molar-refractivity contribution is 0.0757. The van der Waals surface area contributed by atoms with Gasteiger partial charge in [-0.2, -0.15) is 0 Å². The molecule has 1 aromatic rings. The molecule has 0 bridgehead atoms. The second-order valence-electron chi connectivity index (χ2n) is 4.37. The zero-order valence-electron chi connectivity index (χ0n) is 9.80. The molecule has 2 rings (SSSR count). The molecule has 0 aromatic carbocycles. The van der Waals surface area contributed by atoms with E-state index in [9.17, 15) is 9.90 Å². The molecular weight excluding hydrogens is 238 g/mol. The van der Waals surface area contributed by atoms with E-state index in [-0.39, 0.29) is 17.9 Å². The van der Waals surface area contributed by atoms with E-state index in [1.165, 1.54) is 11.3 Å². The van der Waals surface area contributed by atoms with Crippen molar-refractivity contribution in [3.63, 3.8) is 0 Å². The lowest BCUT2D eigenvalue weighted by Crippen LogP contribution is -2.30. The van der Waals surface area contributed by atoms with Crippen LogP contribution in [-0.2, 0) is 6.54 Å². The van der Waals surface area contributed by atoms with E-state index in [1.807, 2.05) is 0 Å². The highest BCUT2D eigenvalue weighted by atomic mass is 32.1. The zero-order chi connectivity index (χ0) is 12.4. The summed E-state index contributed by atoms with van der Waals surface area (Å²) in [5.41, 5.74) is 5.94. The molecule has 5 nitrogen and oxygen atoms in total. The number of carbonyl (C=O) groups excluding carboxylic acids is 1. The standard InChI is InChI=1S/C11H17N3O2S/c1-7(15)8-2-3-14(5-8)11(16)9-6-17-10(4-12)13-9/h6-8,15H,2-5,12H2,1H3. The molecule has 1 aromatic heterocycles. The van der Waals surface area contributed by atoms with E-state index in [0.717, 1.165) is 11.4 Å². The minimum absolute atomic E-state index is 0.0518. The average molecular weight is 255 g/mol. The van der Waals surface area contributed by atoms with Gasteiger partial charge in [0.25, 0.3) is 5.91 Å². The van der Waals surface area contributed by atoms with E-state index in [1.54, 1.807) is 17.2 Å². The van der Waals surface area contributed by atoms with E-state index in [2.05, 4.69) is 4.98 Å². The van der Waals surface area contributed by atoms with E-state index in [4.69, 9.17) is 5.73 Å².